The second-order valence-corrected chi connectivity index (χ2v) is 8.61. The molecule has 0 fully saturated rings. The predicted molar refractivity (Wildman–Crippen MR) is 124 cm³/mol. The van der Waals surface area contributed by atoms with Gasteiger partial charge in [0.25, 0.3) is 5.91 Å². The molecule has 2 aromatic heterocycles. The van der Waals surface area contributed by atoms with Crippen molar-refractivity contribution >= 4 is 22.8 Å². The van der Waals surface area contributed by atoms with Crippen LogP contribution >= 0.6 is 0 Å². The molecule has 0 saturated heterocycles. The van der Waals surface area contributed by atoms with E-state index in [1.54, 1.807) is 0 Å². The van der Waals surface area contributed by atoms with Gasteiger partial charge in [0, 0.05) is 12.1 Å². The van der Waals surface area contributed by atoms with Crippen molar-refractivity contribution in [2.75, 3.05) is 12.8 Å². The van der Waals surface area contributed by atoms with Crippen LogP contribution in [0.4, 0.5) is 10.2 Å². The van der Waals surface area contributed by atoms with Gasteiger partial charge in [-0.05, 0) is 44.5 Å². The number of nitrogens with one attached hydrogen (secondary N) is 1. The first kappa shape index (κ1) is 22.2. The fourth-order valence-corrected chi connectivity index (χ4v) is 3.56. The number of amides is 1. The Morgan fingerprint density at radius 1 is 1.15 bits per heavy atom. The number of carbonyl (C=O) groups is 1. The van der Waals surface area contributed by atoms with Gasteiger partial charge in [0.2, 0.25) is 0 Å². The Labute approximate surface area is 190 Å². The van der Waals surface area contributed by atoms with Crippen LogP contribution in [0.2, 0.25) is 0 Å². The molecule has 0 aliphatic rings. The van der Waals surface area contributed by atoms with E-state index in [2.05, 4.69) is 15.3 Å². The first-order chi connectivity index (χ1) is 15.7. The number of fused-ring (bicyclic) bond motifs is 1. The molecule has 2 aromatic carbocycles. The number of nitrogen functional groups attached to an aromatic ring is 1. The summed E-state index contributed by atoms with van der Waals surface area (Å²) in [6.07, 6.45) is 1.44. The van der Waals surface area contributed by atoms with Crippen molar-refractivity contribution in [3.63, 3.8) is 0 Å². The van der Waals surface area contributed by atoms with Crippen molar-refractivity contribution in [2.24, 2.45) is 0 Å². The quantitative estimate of drug-likeness (QED) is 0.479. The fourth-order valence-electron chi connectivity index (χ4n) is 3.56. The van der Waals surface area contributed by atoms with Gasteiger partial charge in [0.15, 0.2) is 5.65 Å². The van der Waals surface area contributed by atoms with E-state index in [0.29, 0.717) is 28.3 Å². The zero-order valence-electron chi connectivity index (χ0n) is 18.9. The minimum Gasteiger partial charge on any atom is -0.496 e. The predicted octanol–water partition coefficient (Wildman–Crippen LogP) is 3.91. The number of anilines is 1. The van der Waals surface area contributed by atoms with Crippen molar-refractivity contribution < 1.29 is 13.9 Å². The Balaban J connectivity index is 1.58. The van der Waals surface area contributed by atoms with Gasteiger partial charge in [0.05, 0.1) is 23.6 Å². The summed E-state index contributed by atoms with van der Waals surface area (Å²) in [5.74, 6) is -0.248. The molecule has 0 radical (unpaired) electrons. The lowest BCUT2D eigenvalue weighted by atomic mass is 10.1. The molecule has 0 aliphatic carbocycles. The van der Waals surface area contributed by atoms with Crippen molar-refractivity contribution in [3.05, 3.63) is 65.7 Å². The van der Waals surface area contributed by atoms with E-state index >= 15 is 0 Å². The number of halogens is 1. The van der Waals surface area contributed by atoms with Crippen LogP contribution in [0.15, 0.2) is 48.8 Å². The third-order valence-electron chi connectivity index (χ3n) is 5.22. The Bertz CT molecular complexity index is 1330. The van der Waals surface area contributed by atoms with E-state index in [4.69, 9.17) is 15.6 Å². The largest absolute Gasteiger partial charge is 0.496 e. The Hall–Kier alpha value is -4.01. The smallest absolute Gasteiger partial charge is 0.255 e. The van der Waals surface area contributed by atoms with Gasteiger partial charge in [0.1, 0.15) is 29.4 Å². The number of nitrogens with zero attached hydrogens (tertiary/aromatic N) is 4. The highest BCUT2D eigenvalue weighted by Crippen LogP contribution is 2.33. The van der Waals surface area contributed by atoms with Crippen molar-refractivity contribution in [1.29, 1.82) is 0 Å². The molecule has 3 N–H and O–H groups in total. The van der Waals surface area contributed by atoms with Gasteiger partial charge < -0.3 is 15.8 Å². The second-order valence-electron chi connectivity index (χ2n) is 8.61. The summed E-state index contributed by atoms with van der Waals surface area (Å²) in [7, 11) is 1.44. The lowest BCUT2D eigenvalue weighted by Gasteiger charge is -2.19. The molecule has 0 atom stereocenters. The lowest BCUT2D eigenvalue weighted by Crippen LogP contribution is -2.23. The number of hydrogen-bond donors (Lipinski definition) is 2. The normalized spacial score (nSPS) is 11.5. The first-order valence-electron chi connectivity index (χ1n) is 10.4. The maximum atomic E-state index is 13.6. The molecule has 4 rings (SSSR count). The Kier molecular flexibility index (Phi) is 5.71. The van der Waals surface area contributed by atoms with Crippen LogP contribution in [0.1, 0.15) is 36.7 Å². The van der Waals surface area contributed by atoms with Gasteiger partial charge in [-0.1, -0.05) is 24.3 Å². The summed E-state index contributed by atoms with van der Waals surface area (Å²) in [5.41, 5.74) is 9.10. The van der Waals surface area contributed by atoms with E-state index in [0.717, 1.165) is 17.2 Å². The number of carbonyl (C=O) groups excluding carboxylic acids is 1. The summed E-state index contributed by atoms with van der Waals surface area (Å²) in [4.78, 5) is 21.0. The zero-order chi connectivity index (χ0) is 23.8. The molecular weight excluding hydrogens is 423 g/mol. The molecule has 170 valence electrons. The topological polar surface area (TPSA) is 108 Å². The van der Waals surface area contributed by atoms with Crippen LogP contribution in [0, 0.1) is 5.82 Å². The standard InChI is InChI=1S/C24H25FN6O2/c1-24(2,3)31-22-19(21(26)28-13-29-22)20(30-31)15-7-5-14(6-8-15)12-27-23(32)17-11-16(25)9-10-18(17)33-4/h5-11,13H,12H2,1-4H3,(H,27,32)(H2,26,28,29). The summed E-state index contributed by atoms with van der Waals surface area (Å²) < 4.78 is 20.6. The van der Waals surface area contributed by atoms with Gasteiger partial charge in [-0.25, -0.2) is 19.0 Å². The average Bonchev–Trinajstić information content (AvgIpc) is 3.19. The molecule has 0 bridgehead atoms. The third-order valence-corrected chi connectivity index (χ3v) is 5.22. The summed E-state index contributed by atoms with van der Waals surface area (Å²) in [5, 5.41) is 8.27. The highest BCUT2D eigenvalue weighted by Gasteiger charge is 2.23. The number of methoxy groups -OCH3 is 1. The zero-order valence-corrected chi connectivity index (χ0v) is 18.9. The minimum absolute atomic E-state index is 0.142. The van der Waals surface area contributed by atoms with Gasteiger partial charge in [-0.15, -0.1) is 0 Å². The highest BCUT2D eigenvalue weighted by atomic mass is 19.1. The van der Waals surface area contributed by atoms with Crippen LogP contribution in [0.25, 0.3) is 22.3 Å². The number of aromatic nitrogens is 4. The van der Waals surface area contributed by atoms with Crippen LogP contribution in [0.5, 0.6) is 5.75 Å². The van der Waals surface area contributed by atoms with Crippen LogP contribution in [-0.2, 0) is 12.1 Å². The average molecular weight is 449 g/mol. The molecule has 33 heavy (non-hydrogen) atoms. The van der Waals surface area contributed by atoms with Crippen molar-refractivity contribution in [1.82, 2.24) is 25.1 Å². The second kappa shape index (κ2) is 8.50. The Morgan fingerprint density at radius 3 is 2.55 bits per heavy atom. The van der Waals surface area contributed by atoms with E-state index in [1.807, 2.05) is 49.7 Å². The maximum absolute atomic E-state index is 13.6. The SMILES string of the molecule is COc1ccc(F)cc1C(=O)NCc1ccc(-c2nn(C(C)(C)C)c3ncnc(N)c23)cc1. The van der Waals surface area contributed by atoms with E-state index < -0.39 is 11.7 Å². The molecule has 4 aromatic rings. The van der Waals surface area contributed by atoms with Gasteiger partial charge in [-0.3, -0.25) is 4.79 Å². The lowest BCUT2D eigenvalue weighted by molar-refractivity contribution is 0.0947. The van der Waals surface area contributed by atoms with E-state index in [9.17, 15) is 9.18 Å². The molecule has 1 amide bonds. The molecule has 9 heteroatoms. The highest BCUT2D eigenvalue weighted by molar-refractivity contribution is 5.98. The van der Waals surface area contributed by atoms with Crippen LogP contribution in [-0.4, -0.2) is 32.8 Å². The number of benzene rings is 2. The molecule has 0 spiro atoms. The van der Waals surface area contributed by atoms with Crippen molar-refractivity contribution in [2.45, 2.75) is 32.9 Å². The van der Waals surface area contributed by atoms with E-state index in [1.165, 1.54) is 25.6 Å². The fraction of sp³-hybridized carbons (Fsp3) is 0.250. The number of ether oxygens (including phenoxy) is 1. The summed E-state index contributed by atoms with van der Waals surface area (Å²) in [6, 6.07) is 11.4. The first-order valence-corrected chi connectivity index (χ1v) is 10.4. The monoisotopic (exact) mass is 448 g/mol. The number of nitrogens with two attached hydrogens (primary N) is 1. The molecular formula is C24H25FN6O2. The third kappa shape index (κ3) is 4.34. The molecule has 0 unspecified atom stereocenters. The number of hydrogen-bond acceptors (Lipinski definition) is 6. The summed E-state index contributed by atoms with van der Waals surface area (Å²) >= 11 is 0. The summed E-state index contributed by atoms with van der Waals surface area (Å²) in [6.45, 7) is 6.39. The maximum Gasteiger partial charge on any atom is 0.255 e. The van der Waals surface area contributed by atoms with E-state index in [-0.39, 0.29) is 17.6 Å². The molecule has 2 heterocycles. The molecule has 8 nitrogen and oxygen atoms in total. The van der Waals surface area contributed by atoms with Crippen molar-refractivity contribution in [3.8, 4) is 17.0 Å². The molecule has 0 saturated carbocycles. The van der Waals surface area contributed by atoms with Gasteiger partial charge in [-0.2, -0.15) is 5.10 Å². The van der Waals surface area contributed by atoms with Crippen LogP contribution < -0.4 is 15.8 Å². The van der Waals surface area contributed by atoms with Gasteiger partial charge >= 0.3 is 0 Å². The minimum atomic E-state index is -0.504. The van der Waals surface area contributed by atoms with Crippen LogP contribution in [0.3, 0.4) is 0 Å². The Morgan fingerprint density at radius 2 is 1.88 bits per heavy atom. The number of rotatable bonds is 5. The molecule has 0 aliphatic heterocycles.